The first-order valence-electron chi connectivity index (χ1n) is 4.62. The highest BCUT2D eigenvalue weighted by Gasteiger charge is 2.24. The topological polar surface area (TPSA) is 0 Å². The molecule has 0 bridgehead atoms. The van der Waals surface area contributed by atoms with Crippen molar-refractivity contribution in [3.05, 3.63) is 35.1 Å². The zero-order valence-electron chi connectivity index (χ0n) is 7.56. The zero-order chi connectivity index (χ0) is 9.42. The van der Waals surface area contributed by atoms with Crippen LogP contribution in [0.15, 0.2) is 18.2 Å². The number of halogens is 2. The molecule has 2 heteroatoms. The Hall–Kier alpha value is -0.370. The molecule has 0 spiro atoms. The maximum Gasteiger partial charge on any atom is 0.127 e. The molecule has 0 aliphatic heterocycles. The maximum absolute atomic E-state index is 13.5. The standard InChI is InChI=1S/C11H12BrF/c1-7(12)10-5-4-9(6-11(10)13)8-2-3-8/h4-8H,2-3H2,1H3. The van der Waals surface area contributed by atoms with Crippen LogP contribution in [0.1, 0.15) is 41.6 Å². The Morgan fingerprint density at radius 1 is 1.46 bits per heavy atom. The summed E-state index contributed by atoms with van der Waals surface area (Å²) in [7, 11) is 0. The van der Waals surface area contributed by atoms with Crippen molar-refractivity contribution in [1.29, 1.82) is 0 Å². The van der Waals surface area contributed by atoms with Crippen molar-refractivity contribution in [2.24, 2.45) is 0 Å². The van der Waals surface area contributed by atoms with Crippen molar-refractivity contribution in [1.82, 2.24) is 0 Å². The molecule has 0 saturated heterocycles. The summed E-state index contributed by atoms with van der Waals surface area (Å²) in [5.74, 6) is 0.558. The SMILES string of the molecule is CC(Br)c1ccc(C2CC2)cc1F. The van der Waals surface area contributed by atoms with E-state index in [1.165, 1.54) is 12.8 Å². The van der Waals surface area contributed by atoms with E-state index in [1.807, 2.05) is 19.1 Å². The first kappa shape index (κ1) is 9.20. The quantitative estimate of drug-likeness (QED) is 0.684. The van der Waals surface area contributed by atoms with Crippen LogP contribution in [0.3, 0.4) is 0 Å². The van der Waals surface area contributed by atoms with Crippen LogP contribution in [0.25, 0.3) is 0 Å². The lowest BCUT2D eigenvalue weighted by atomic mass is 10.1. The summed E-state index contributed by atoms with van der Waals surface area (Å²) in [5, 5.41) is 0. The van der Waals surface area contributed by atoms with E-state index in [0.29, 0.717) is 5.92 Å². The largest absolute Gasteiger partial charge is 0.207 e. The van der Waals surface area contributed by atoms with E-state index in [0.717, 1.165) is 11.1 Å². The molecule has 0 nitrogen and oxygen atoms in total. The first-order chi connectivity index (χ1) is 6.18. The Morgan fingerprint density at radius 3 is 2.62 bits per heavy atom. The monoisotopic (exact) mass is 242 g/mol. The van der Waals surface area contributed by atoms with Gasteiger partial charge in [-0.3, -0.25) is 0 Å². The smallest absolute Gasteiger partial charge is 0.127 e. The molecule has 1 aromatic carbocycles. The third kappa shape index (κ3) is 1.93. The summed E-state index contributed by atoms with van der Waals surface area (Å²) >= 11 is 3.37. The van der Waals surface area contributed by atoms with Gasteiger partial charge in [0.25, 0.3) is 0 Å². The first-order valence-corrected chi connectivity index (χ1v) is 5.53. The summed E-state index contributed by atoms with van der Waals surface area (Å²) in [6.45, 7) is 1.94. The highest BCUT2D eigenvalue weighted by Crippen LogP contribution is 2.41. The van der Waals surface area contributed by atoms with E-state index in [9.17, 15) is 4.39 Å². The lowest BCUT2D eigenvalue weighted by Gasteiger charge is -2.06. The molecular formula is C11H12BrF. The van der Waals surface area contributed by atoms with Crippen molar-refractivity contribution in [2.45, 2.75) is 30.5 Å². The van der Waals surface area contributed by atoms with Gasteiger partial charge in [0.05, 0.1) is 0 Å². The van der Waals surface area contributed by atoms with Crippen LogP contribution in [0.2, 0.25) is 0 Å². The van der Waals surface area contributed by atoms with Gasteiger partial charge >= 0.3 is 0 Å². The fraction of sp³-hybridized carbons (Fsp3) is 0.455. The van der Waals surface area contributed by atoms with Gasteiger partial charge in [0.15, 0.2) is 0 Å². The van der Waals surface area contributed by atoms with Crippen molar-refractivity contribution in [3.63, 3.8) is 0 Å². The molecule has 0 amide bonds. The van der Waals surface area contributed by atoms with Crippen molar-refractivity contribution in [3.8, 4) is 0 Å². The van der Waals surface area contributed by atoms with Crippen LogP contribution >= 0.6 is 15.9 Å². The molecule has 0 heterocycles. The third-order valence-corrected chi connectivity index (χ3v) is 3.00. The van der Waals surface area contributed by atoms with Gasteiger partial charge in [0, 0.05) is 10.4 Å². The predicted octanol–water partition coefficient (Wildman–Crippen LogP) is 4.16. The summed E-state index contributed by atoms with van der Waals surface area (Å²) in [6.07, 6.45) is 2.45. The average molecular weight is 243 g/mol. The van der Waals surface area contributed by atoms with E-state index < -0.39 is 0 Å². The minimum Gasteiger partial charge on any atom is -0.207 e. The summed E-state index contributed by atoms with van der Waals surface area (Å²) in [5.41, 5.74) is 1.92. The van der Waals surface area contributed by atoms with Gasteiger partial charge in [-0.1, -0.05) is 28.1 Å². The second-order valence-electron chi connectivity index (χ2n) is 3.67. The molecule has 0 aromatic heterocycles. The summed E-state index contributed by atoms with van der Waals surface area (Å²) in [6, 6.07) is 5.63. The van der Waals surface area contributed by atoms with Gasteiger partial charge in [-0.25, -0.2) is 4.39 Å². The van der Waals surface area contributed by atoms with E-state index in [2.05, 4.69) is 15.9 Å². The molecule has 1 unspecified atom stereocenters. The number of alkyl halides is 1. The molecule has 1 atom stereocenters. The van der Waals surface area contributed by atoms with E-state index >= 15 is 0 Å². The van der Waals surface area contributed by atoms with Crippen LogP contribution in [0, 0.1) is 5.82 Å². The van der Waals surface area contributed by atoms with Gasteiger partial charge in [0.2, 0.25) is 0 Å². The molecule has 70 valence electrons. The highest BCUT2D eigenvalue weighted by molar-refractivity contribution is 9.09. The average Bonchev–Trinajstić information content (AvgIpc) is 2.85. The van der Waals surface area contributed by atoms with Gasteiger partial charge in [-0.15, -0.1) is 0 Å². The van der Waals surface area contributed by atoms with Gasteiger partial charge < -0.3 is 0 Å². The molecule has 1 saturated carbocycles. The zero-order valence-corrected chi connectivity index (χ0v) is 9.14. The van der Waals surface area contributed by atoms with Crippen LogP contribution in [-0.2, 0) is 0 Å². The number of hydrogen-bond acceptors (Lipinski definition) is 0. The van der Waals surface area contributed by atoms with Crippen molar-refractivity contribution < 1.29 is 4.39 Å². The second kappa shape index (κ2) is 3.41. The number of rotatable bonds is 2. The number of benzene rings is 1. The summed E-state index contributed by atoms with van der Waals surface area (Å²) < 4.78 is 13.5. The van der Waals surface area contributed by atoms with E-state index in [1.54, 1.807) is 6.07 Å². The Bertz CT molecular complexity index is 316. The van der Waals surface area contributed by atoms with Crippen LogP contribution < -0.4 is 0 Å². The molecule has 2 rings (SSSR count). The van der Waals surface area contributed by atoms with Gasteiger partial charge in [0.1, 0.15) is 5.82 Å². The van der Waals surface area contributed by atoms with Crippen molar-refractivity contribution in [2.75, 3.05) is 0 Å². The minimum absolute atomic E-state index is 0.0752. The van der Waals surface area contributed by atoms with Gasteiger partial charge in [-0.05, 0) is 37.3 Å². The van der Waals surface area contributed by atoms with Crippen LogP contribution in [0.4, 0.5) is 4.39 Å². The Balaban J connectivity index is 2.31. The Morgan fingerprint density at radius 2 is 2.15 bits per heavy atom. The Kier molecular flexibility index (Phi) is 2.41. The van der Waals surface area contributed by atoms with E-state index in [-0.39, 0.29) is 10.6 Å². The van der Waals surface area contributed by atoms with E-state index in [4.69, 9.17) is 0 Å². The fourth-order valence-electron chi connectivity index (χ4n) is 1.54. The minimum atomic E-state index is -0.0752. The third-order valence-electron chi connectivity index (χ3n) is 2.50. The van der Waals surface area contributed by atoms with Gasteiger partial charge in [-0.2, -0.15) is 0 Å². The predicted molar refractivity (Wildman–Crippen MR) is 55.7 cm³/mol. The fourth-order valence-corrected chi connectivity index (χ4v) is 1.91. The Labute approximate surface area is 86.3 Å². The second-order valence-corrected chi connectivity index (χ2v) is 5.04. The molecule has 13 heavy (non-hydrogen) atoms. The van der Waals surface area contributed by atoms with Crippen molar-refractivity contribution >= 4 is 15.9 Å². The molecule has 1 fully saturated rings. The molecule has 1 aliphatic rings. The lowest BCUT2D eigenvalue weighted by Crippen LogP contribution is -1.92. The summed E-state index contributed by atoms with van der Waals surface area (Å²) in [4.78, 5) is 0.0979. The molecule has 0 N–H and O–H groups in total. The normalized spacial score (nSPS) is 18.7. The van der Waals surface area contributed by atoms with Crippen LogP contribution in [0.5, 0.6) is 0 Å². The highest BCUT2D eigenvalue weighted by atomic mass is 79.9. The molecule has 1 aliphatic carbocycles. The van der Waals surface area contributed by atoms with Crippen LogP contribution in [-0.4, -0.2) is 0 Å². The number of hydrogen-bond donors (Lipinski definition) is 0. The molecule has 1 aromatic rings. The lowest BCUT2D eigenvalue weighted by molar-refractivity contribution is 0.609. The molecule has 0 radical (unpaired) electrons. The maximum atomic E-state index is 13.5. The molecular weight excluding hydrogens is 231 g/mol.